The van der Waals surface area contributed by atoms with Gasteiger partial charge in [-0.3, -0.25) is 4.52 Å². The highest BCUT2D eigenvalue weighted by atomic mass is 31.2. The van der Waals surface area contributed by atoms with Gasteiger partial charge in [-0.05, 0) is 18.6 Å². The molecule has 4 nitrogen and oxygen atoms in total. The number of hydrogen-bond donors (Lipinski definition) is 0. The molecule has 0 saturated carbocycles. The van der Waals surface area contributed by atoms with Crippen molar-refractivity contribution in [1.82, 2.24) is 0 Å². The minimum absolute atomic E-state index is 0.00622. The monoisotopic (exact) mass is 242 g/mol. The molecule has 1 aliphatic heterocycles. The Balaban J connectivity index is 2.03. The number of para-hydroxylation sites is 2. The van der Waals surface area contributed by atoms with E-state index in [0.717, 1.165) is 12.8 Å². The molecule has 0 spiro atoms. The van der Waals surface area contributed by atoms with Crippen LogP contribution in [0.1, 0.15) is 19.8 Å². The minimum atomic E-state index is -3.10. The van der Waals surface area contributed by atoms with Gasteiger partial charge in [0.05, 0.1) is 6.61 Å². The summed E-state index contributed by atoms with van der Waals surface area (Å²) < 4.78 is 28.1. The predicted molar refractivity (Wildman–Crippen MR) is 61.0 cm³/mol. The van der Waals surface area contributed by atoms with Gasteiger partial charge in [-0.15, -0.1) is 0 Å². The van der Waals surface area contributed by atoms with E-state index in [1.807, 2.05) is 19.1 Å². The van der Waals surface area contributed by atoms with Crippen molar-refractivity contribution >= 4 is 7.60 Å². The van der Waals surface area contributed by atoms with Crippen LogP contribution in [0.2, 0.25) is 0 Å². The second-order valence-corrected chi connectivity index (χ2v) is 5.53. The molecule has 0 unspecified atom stereocenters. The molecule has 1 aliphatic rings. The Morgan fingerprint density at radius 1 is 1.38 bits per heavy atom. The molecule has 0 fully saturated rings. The van der Waals surface area contributed by atoms with E-state index in [-0.39, 0.29) is 6.35 Å². The van der Waals surface area contributed by atoms with E-state index in [4.69, 9.17) is 13.8 Å². The van der Waals surface area contributed by atoms with Crippen LogP contribution < -0.4 is 9.26 Å². The Bertz CT molecular complexity index is 405. The van der Waals surface area contributed by atoms with Gasteiger partial charge in [-0.2, -0.15) is 0 Å². The van der Waals surface area contributed by atoms with Crippen molar-refractivity contribution in [2.75, 3.05) is 13.0 Å². The predicted octanol–water partition coefficient (Wildman–Crippen LogP) is 3.43. The topological polar surface area (TPSA) is 44.8 Å². The molecule has 1 aromatic rings. The molecule has 0 bridgehead atoms. The Morgan fingerprint density at radius 3 is 2.88 bits per heavy atom. The quantitative estimate of drug-likeness (QED) is 0.599. The fourth-order valence-corrected chi connectivity index (χ4v) is 2.72. The Morgan fingerprint density at radius 2 is 2.12 bits per heavy atom. The molecular formula is C11H15O4P. The molecule has 0 radical (unpaired) electrons. The molecule has 0 amide bonds. The molecule has 1 aromatic carbocycles. The smallest absolute Gasteiger partial charge is 0.416 e. The van der Waals surface area contributed by atoms with Crippen LogP contribution in [-0.2, 0) is 9.09 Å². The van der Waals surface area contributed by atoms with Gasteiger partial charge in [0.25, 0.3) is 0 Å². The molecule has 2 rings (SSSR count). The lowest BCUT2D eigenvalue weighted by atomic mass is 10.3. The van der Waals surface area contributed by atoms with Crippen LogP contribution in [0, 0.1) is 0 Å². The molecule has 0 aliphatic carbocycles. The Kier molecular flexibility index (Phi) is 3.52. The van der Waals surface area contributed by atoms with Gasteiger partial charge >= 0.3 is 7.60 Å². The van der Waals surface area contributed by atoms with Gasteiger partial charge in [-0.25, -0.2) is 4.57 Å². The first-order chi connectivity index (χ1) is 7.73. The molecular weight excluding hydrogens is 227 g/mol. The summed E-state index contributed by atoms with van der Waals surface area (Å²) in [5.41, 5.74) is 0. The molecule has 5 heteroatoms. The molecule has 88 valence electrons. The summed E-state index contributed by atoms with van der Waals surface area (Å²) in [6.07, 6.45) is 1.86. The third kappa shape index (κ3) is 2.57. The molecule has 0 N–H and O–H groups in total. The van der Waals surface area contributed by atoms with Crippen LogP contribution >= 0.6 is 7.60 Å². The molecule has 16 heavy (non-hydrogen) atoms. The fraction of sp³-hybridized carbons (Fsp3) is 0.455. The molecule has 0 aromatic heterocycles. The van der Waals surface area contributed by atoms with Crippen LogP contribution in [0.25, 0.3) is 0 Å². The van der Waals surface area contributed by atoms with Gasteiger partial charge in [-0.1, -0.05) is 25.5 Å². The Hall–Kier alpha value is -0.990. The Labute approximate surface area is 95.1 Å². The lowest BCUT2D eigenvalue weighted by Crippen LogP contribution is -2.13. The van der Waals surface area contributed by atoms with Crippen molar-refractivity contribution in [2.24, 2.45) is 0 Å². The highest BCUT2D eigenvalue weighted by molar-refractivity contribution is 7.54. The number of fused-ring (bicyclic) bond motifs is 1. The molecule has 0 saturated heterocycles. The van der Waals surface area contributed by atoms with Crippen molar-refractivity contribution in [2.45, 2.75) is 19.8 Å². The van der Waals surface area contributed by atoms with E-state index in [1.165, 1.54) is 0 Å². The summed E-state index contributed by atoms with van der Waals surface area (Å²) in [5.74, 6) is 1.11. The zero-order chi connectivity index (χ0) is 11.4. The number of hydrogen-bond acceptors (Lipinski definition) is 4. The minimum Gasteiger partial charge on any atom is -0.476 e. The fourth-order valence-electron chi connectivity index (χ4n) is 1.38. The van der Waals surface area contributed by atoms with E-state index in [2.05, 4.69) is 0 Å². The van der Waals surface area contributed by atoms with Crippen molar-refractivity contribution in [3.63, 3.8) is 0 Å². The first-order valence-corrected chi connectivity index (χ1v) is 7.11. The van der Waals surface area contributed by atoms with Gasteiger partial charge in [0.15, 0.2) is 11.5 Å². The van der Waals surface area contributed by atoms with Gasteiger partial charge in [0, 0.05) is 0 Å². The average molecular weight is 242 g/mol. The number of benzene rings is 1. The maximum Gasteiger partial charge on any atom is 0.416 e. The summed E-state index contributed by atoms with van der Waals surface area (Å²) in [7, 11) is -3.10. The van der Waals surface area contributed by atoms with Gasteiger partial charge < -0.3 is 9.26 Å². The maximum absolute atomic E-state index is 12.1. The van der Waals surface area contributed by atoms with Crippen LogP contribution in [0.5, 0.6) is 11.5 Å². The SMILES string of the molecule is CCCCO[P@]1(=O)COc2ccccc2O1. The van der Waals surface area contributed by atoms with E-state index in [0.29, 0.717) is 18.1 Å². The first-order valence-electron chi connectivity index (χ1n) is 5.38. The molecule has 1 heterocycles. The van der Waals surface area contributed by atoms with E-state index < -0.39 is 7.60 Å². The summed E-state index contributed by atoms with van der Waals surface area (Å²) in [4.78, 5) is 0. The summed E-state index contributed by atoms with van der Waals surface area (Å²) >= 11 is 0. The number of ether oxygens (including phenoxy) is 1. The lowest BCUT2D eigenvalue weighted by Gasteiger charge is -2.25. The van der Waals surface area contributed by atoms with E-state index in [9.17, 15) is 4.57 Å². The first kappa shape index (κ1) is 11.5. The van der Waals surface area contributed by atoms with Crippen LogP contribution in [0.3, 0.4) is 0 Å². The molecule has 1 atom stereocenters. The third-order valence-electron chi connectivity index (χ3n) is 2.25. The van der Waals surface area contributed by atoms with Crippen molar-refractivity contribution in [3.8, 4) is 11.5 Å². The second-order valence-electron chi connectivity index (χ2n) is 3.61. The van der Waals surface area contributed by atoms with E-state index >= 15 is 0 Å². The highest BCUT2D eigenvalue weighted by Gasteiger charge is 2.32. The zero-order valence-corrected chi connectivity index (χ0v) is 10.1. The summed E-state index contributed by atoms with van der Waals surface area (Å²) in [5, 5.41) is 0. The van der Waals surface area contributed by atoms with Crippen LogP contribution in [-0.4, -0.2) is 13.0 Å². The van der Waals surface area contributed by atoms with E-state index in [1.54, 1.807) is 12.1 Å². The van der Waals surface area contributed by atoms with Gasteiger partial charge in [0.1, 0.15) is 0 Å². The number of unbranched alkanes of at least 4 members (excludes halogenated alkanes) is 1. The average Bonchev–Trinajstić information content (AvgIpc) is 2.29. The number of rotatable bonds is 4. The van der Waals surface area contributed by atoms with Crippen molar-refractivity contribution in [3.05, 3.63) is 24.3 Å². The standard InChI is InChI=1S/C11H15O4P/c1-2-3-8-14-16(12)9-13-10-6-4-5-7-11(10)15-16/h4-7H,2-3,8-9H2,1H3/t16-/m1/s1. The van der Waals surface area contributed by atoms with Crippen LogP contribution in [0.4, 0.5) is 0 Å². The normalized spacial score (nSPS) is 23.1. The van der Waals surface area contributed by atoms with Crippen molar-refractivity contribution < 1.29 is 18.3 Å². The second kappa shape index (κ2) is 4.89. The largest absolute Gasteiger partial charge is 0.476 e. The lowest BCUT2D eigenvalue weighted by molar-refractivity contribution is 0.213. The summed E-state index contributed by atoms with van der Waals surface area (Å²) in [6.45, 7) is 2.49. The van der Waals surface area contributed by atoms with Gasteiger partial charge in [0.2, 0.25) is 6.35 Å². The summed E-state index contributed by atoms with van der Waals surface area (Å²) in [6, 6.07) is 7.16. The third-order valence-corrected chi connectivity index (χ3v) is 3.75. The van der Waals surface area contributed by atoms with Crippen molar-refractivity contribution in [1.29, 1.82) is 0 Å². The zero-order valence-electron chi connectivity index (χ0n) is 9.22. The maximum atomic E-state index is 12.1. The van der Waals surface area contributed by atoms with Crippen LogP contribution in [0.15, 0.2) is 24.3 Å². The highest BCUT2D eigenvalue weighted by Crippen LogP contribution is 2.54.